The number of halogens is 2. The van der Waals surface area contributed by atoms with Gasteiger partial charge in [0.2, 0.25) is 0 Å². The molecule has 19 heteroatoms. The first-order valence-corrected chi connectivity index (χ1v) is 11.9. The van der Waals surface area contributed by atoms with Gasteiger partial charge in [-0.05, 0) is 11.8 Å². The number of carbonyl (C=O) groups excluding carboxylic acids is 1. The number of hydrogen-bond acceptors (Lipinski definition) is 15. The largest absolute Gasteiger partial charge is 0.515 e. The van der Waals surface area contributed by atoms with E-state index in [1.54, 1.807) is 0 Å². The number of ether oxygens (including phenoxy) is 4. The van der Waals surface area contributed by atoms with E-state index >= 15 is 0 Å². The molecule has 0 aromatic carbocycles. The number of aliphatic hydroxyl groups is 2. The summed E-state index contributed by atoms with van der Waals surface area (Å²) in [7, 11) is 0. The summed E-state index contributed by atoms with van der Waals surface area (Å²) < 4.78 is 51.8. The standard InChI is InChI=1S/C23H18F2N10O7/c1-3-22(9(36)5-11(39-22)34-7-28-13-15(26)30-19(24)32-17(13)34)41-21(38)42-23(4-2)10(37)6-12(40-23)35-8-29-14-16(27)31-20(25)33-18(14)35/h1-2,7-12,36-37H,5-6H2,(H2,26,30,32)(H2,27,31,33)/t9-,10-,11+,12+,22+,23+/m0/s1. The van der Waals surface area contributed by atoms with Gasteiger partial charge >= 0.3 is 29.9 Å². The first kappa shape index (κ1) is 27.0. The molecule has 17 nitrogen and oxygen atoms in total. The maximum atomic E-state index is 13.8. The number of rotatable bonds is 4. The Bertz CT molecular complexity index is 1710. The third kappa shape index (κ3) is 4.07. The van der Waals surface area contributed by atoms with Gasteiger partial charge in [0.15, 0.2) is 34.0 Å². The van der Waals surface area contributed by atoms with Gasteiger partial charge in [0, 0.05) is 12.8 Å². The van der Waals surface area contributed by atoms with E-state index in [1.165, 1.54) is 21.8 Å². The first-order chi connectivity index (χ1) is 20.0. The molecule has 42 heavy (non-hydrogen) atoms. The Balaban J connectivity index is 1.22. The second-order valence-electron chi connectivity index (χ2n) is 9.13. The molecule has 4 aromatic heterocycles. The molecular formula is C23H18F2N10O7. The Hall–Kier alpha value is -5.21. The Morgan fingerprint density at radius 1 is 0.881 bits per heavy atom. The molecule has 216 valence electrons. The lowest BCUT2D eigenvalue weighted by atomic mass is 10.1. The second-order valence-corrected chi connectivity index (χ2v) is 9.13. The van der Waals surface area contributed by atoms with Crippen LogP contribution in [0, 0.1) is 36.8 Å². The molecule has 6 atom stereocenters. The highest BCUT2D eigenvalue weighted by Gasteiger charge is 2.56. The van der Waals surface area contributed by atoms with E-state index in [9.17, 15) is 23.8 Å². The van der Waals surface area contributed by atoms with Crippen molar-refractivity contribution in [2.24, 2.45) is 0 Å². The Labute approximate surface area is 232 Å². The third-order valence-electron chi connectivity index (χ3n) is 6.68. The lowest BCUT2D eigenvalue weighted by Crippen LogP contribution is -2.47. The zero-order valence-electron chi connectivity index (χ0n) is 21.0. The minimum atomic E-state index is -2.43. The number of nitrogens with two attached hydrogens (primary N) is 2. The summed E-state index contributed by atoms with van der Waals surface area (Å²) in [4.78, 5) is 35.0. The van der Waals surface area contributed by atoms with Crippen LogP contribution in [0.2, 0.25) is 0 Å². The topological polar surface area (TPSA) is 234 Å². The van der Waals surface area contributed by atoms with Gasteiger partial charge in [-0.25, -0.2) is 14.8 Å². The maximum absolute atomic E-state index is 13.8. The molecule has 6 heterocycles. The molecule has 2 saturated heterocycles. The Kier molecular flexibility index (Phi) is 6.06. The van der Waals surface area contributed by atoms with Gasteiger partial charge < -0.3 is 40.6 Å². The monoisotopic (exact) mass is 584 g/mol. The van der Waals surface area contributed by atoms with Crippen LogP contribution in [0.3, 0.4) is 0 Å². The van der Waals surface area contributed by atoms with Crippen LogP contribution in [0.5, 0.6) is 0 Å². The molecule has 0 radical (unpaired) electrons. The van der Waals surface area contributed by atoms with Crippen LogP contribution in [-0.2, 0) is 18.9 Å². The lowest BCUT2D eigenvalue weighted by molar-refractivity contribution is -0.244. The molecule has 0 unspecified atom stereocenters. The molecule has 0 aliphatic carbocycles. The van der Waals surface area contributed by atoms with Crippen LogP contribution < -0.4 is 11.5 Å². The van der Waals surface area contributed by atoms with Crippen LogP contribution in [0.25, 0.3) is 22.3 Å². The maximum Gasteiger partial charge on any atom is 0.515 e. The van der Waals surface area contributed by atoms with Gasteiger partial charge in [0.05, 0.1) is 12.7 Å². The van der Waals surface area contributed by atoms with Crippen molar-refractivity contribution in [3.8, 4) is 24.7 Å². The predicted molar refractivity (Wildman–Crippen MR) is 132 cm³/mol. The Morgan fingerprint density at radius 2 is 1.29 bits per heavy atom. The van der Waals surface area contributed by atoms with Crippen LogP contribution >= 0.6 is 0 Å². The van der Waals surface area contributed by atoms with Crippen molar-refractivity contribution in [2.75, 3.05) is 11.5 Å². The highest BCUT2D eigenvalue weighted by molar-refractivity contribution is 5.82. The number of carbonyl (C=O) groups is 1. The van der Waals surface area contributed by atoms with Crippen molar-refractivity contribution in [1.82, 2.24) is 39.0 Å². The fourth-order valence-corrected chi connectivity index (χ4v) is 4.71. The number of fused-ring (bicyclic) bond motifs is 2. The Morgan fingerprint density at radius 3 is 1.67 bits per heavy atom. The average Bonchev–Trinajstić information content (AvgIpc) is 3.69. The van der Waals surface area contributed by atoms with Crippen LogP contribution in [0.4, 0.5) is 25.2 Å². The molecule has 0 bridgehead atoms. The van der Waals surface area contributed by atoms with Gasteiger partial charge in [-0.2, -0.15) is 28.7 Å². The van der Waals surface area contributed by atoms with E-state index in [2.05, 4.69) is 41.7 Å². The highest BCUT2D eigenvalue weighted by atomic mass is 19.1. The van der Waals surface area contributed by atoms with Crippen LogP contribution in [0.15, 0.2) is 12.7 Å². The highest BCUT2D eigenvalue weighted by Crippen LogP contribution is 2.42. The van der Waals surface area contributed by atoms with Gasteiger partial charge in [-0.3, -0.25) is 9.13 Å². The predicted octanol–water partition coefficient (Wildman–Crippen LogP) is -0.519. The van der Waals surface area contributed by atoms with Gasteiger partial charge in [0.25, 0.3) is 0 Å². The van der Waals surface area contributed by atoms with E-state index in [0.717, 1.165) is 0 Å². The summed E-state index contributed by atoms with van der Waals surface area (Å²) in [5, 5.41) is 21.5. The van der Waals surface area contributed by atoms with Crippen molar-refractivity contribution in [1.29, 1.82) is 0 Å². The fourth-order valence-electron chi connectivity index (χ4n) is 4.71. The molecule has 6 N–H and O–H groups in total. The number of imidazole rings is 2. The summed E-state index contributed by atoms with van der Waals surface area (Å²) in [6.07, 6.45) is 3.51. The normalized spacial score (nSPS) is 29.0. The van der Waals surface area contributed by atoms with Gasteiger partial charge in [-0.1, -0.05) is 0 Å². The SMILES string of the molecule is C#C[C@]1(OC(=O)O[C@@]2(C#C)O[C@@H](n3cnc4c(N)nc(F)nc43)C[C@@H]2O)O[C@@H](n2cnc3c(N)nc(F)nc32)C[C@@H]1O. The molecule has 0 saturated carbocycles. The smallest absolute Gasteiger partial charge is 0.387 e. The van der Waals surface area contributed by atoms with Crippen LogP contribution in [-0.4, -0.2) is 79.2 Å². The number of hydrogen-bond donors (Lipinski definition) is 4. The van der Waals surface area contributed by atoms with Crippen LogP contribution in [0.1, 0.15) is 25.3 Å². The first-order valence-electron chi connectivity index (χ1n) is 11.9. The molecule has 2 fully saturated rings. The van der Waals surface area contributed by atoms with E-state index < -0.39 is 54.5 Å². The minimum absolute atomic E-state index is 0.0495. The molecular weight excluding hydrogens is 566 g/mol. The summed E-state index contributed by atoms with van der Waals surface area (Å²) in [5.74, 6) is -1.22. The van der Waals surface area contributed by atoms with Gasteiger partial charge in [0.1, 0.15) is 24.7 Å². The zero-order chi connectivity index (χ0) is 30.0. The molecule has 4 aromatic rings. The lowest BCUT2D eigenvalue weighted by Gasteiger charge is -2.29. The molecule has 2 aliphatic rings. The number of nitrogens with zero attached hydrogens (tertiary/aromatic N) is 8. The minimum Gasteiger partial charge on any atom is -0.387 e. The number of aliphatic hydroxyl groups excluding tert-OH is 2. The molecule has 0 spiro atoms. The summed E-state index contributed by atoms with van der Waals surface area (Å²) in [6, 6.07) is 0. The third-order valence-corrected chi connectivity index (χ3v) is 6.68. The summed E-state index contributed by atoms with van der Waals surface area (Å²) in [6.45, 7) is 0. The average molecular weight is 584 g/mol. The van der Waals surface area contributed by atoms with Gasteiger partial charge in [-0.15, -0.1) is 12.8 Å². The van der Waals surface area contributed by atoms with Crippen molar-refractivity contribution in [3.05, 3.63) is 24.8 Å². The van der Waals surface area contributed by atoms with E-state index in [-0.39, 0.29) is 46.8 Å². The zero-order valence-corrected chi connectivity index (χ0v) is 21.0. The van der Waals surface area contributed by atoms with Crippen molar-refractivity contribution in [2.45, 2.75) is 49.1 Å². The number of terminal acetylenes is 2. The quantitative estimate of drug-likeness (QED) is 0.134. The van der Waals surface area contributed by atoms with Crippen molar-refractivity contribution in [3.63, 3.8) is 0 Å². The van der Waals surface area contributed by atoms with E-state index in [4.69, 9.17) is 43.3 Å². The van der Waals surface area contributed by atoms with Crippen molar-refractivity contribution >= 4 is 40.1 Å². The summed E-state index contributed by atoms with van der Waals surface area (Å²) >= 11 is 0. The molecule has 0 amide bonds. The number of nitrogen functional groups attached to an aromatic ring is 2. The second kappa shape index (κ2) is 9.43. The van der Waals surface area contributed by atoms with E-state index in [1.807, 2.05) is 0 Å². The number of aromatic nitrogens is 8. The molecule has 6 rings (SSSR count). The van der Waals surface area contributed by atoms with Crippen molar-refractivity contribution < 1.29 is 42.7 Å². The number of anilines is 2. The summed E-state index contributed by atoms with van der Waals surface area (Å²) in [5.41, 5.74) is 11.3. The molecule has 2 aliphatic heterocycles. The van der Waals surface area contributed by atoms with E-state index in [0.29, 0.717) is 0 Å². The fraction of sp³-hybridized carbons (Fsp3) is 0.348.